The van der Waals surface area contributed by atoms with Crippen LogP contribution in [0.15, 0.2) is 54.3 Å². The molecule has 0 spiro atoms. The molecule has 3 aromatic carbocycles. The highest BCUT2D eigenvalue weighted by atomic mass is 16.7. The molecule has 6 rings (SSSR count). The van der Waals surface area contributed by atoms with Gasteiger partial charge in [0.25, 0.3) is 0 Å². The second-order valence-electron chi connectivity index (χ2n) is 8.07. The Morgan fingerprint density at radius 1 is 0.971 bits per heavy atom. The first-order valence-corrected chi connectivity index (χ1v) is 10.6. The Balaban J connectivity index is 1.42. The number of hydrogen-bond acceptors (Lipinski definition) is 8. The maximum absolute atomic E-state index is 13.2. The predicted molar refractivity (Wildman–Crippen MR) is 119 cm³/mol. The van der Waals surface area contributed by atoms with Gasteiger partial charge >= 0.3 is 5.97 Å². The van der Waals surface area contributed by atoms with E-state index >= 15 is 0 Å². The lowest BCUT2D eigenvalue weighted by Crippen LogP contribution is -2.21. The van der Waals surface area contributed by atoms with Crippen LogP contribution >= 0.6 is 0 Å². The number of methoxy groups -OCH3 is 1. The number of carbonyl (C=O) groups is 2. The zero-order valence-electron chi connectivity index (χ0n) is 18.0. The fraction of sp³-hybridized carbons (Fsp3) is 0.154. The van der Waals surface area contributed by atoms with E-state index in [1.807, 2.05) is 0 Å². The molecule has 0 amide bonds. The number of fused-ring (bicyclic) bond motifs is 4. The summed E-state index contributed by atoms with van der Waals surface area (Å²) < 4.78 is 27.4. The molecule has 0 aliphatic carbocycles. The van der Waals surface area contributed by atoms with Crippen molar-refractivity contribution in [3.63, 3.8) is 0 Å². The van der Waals surface area contributed by atoms with E-state index in [0.29, 0.717) is 45.4 Å². The van der Waals surface area contributed by atoms with Gasteiger partial charge in [0.2, 0.25) is 12.6 Å². The zero-order valence-corrected chi connectivity index (χ0v) is 18.0. The lowest BCUT2D eigenvalue weighted by molar-refractivity contribution is -0.135. The third-order valence-corrected chi connectivity index (χ3v) is 6.08. The molecular formula is C26H18O8. The topological polar surface area (TPSA) is 101 Å². The van der Waals surface area contributed by atoms with E-state index in [1.54, 1.807) is 54.6 Å². The van der Waals surface area contributed by atoms with E-state index in [2.05, 4.69) is 0 Å². The highest BCUT2D eigenvalue weighted by Crippen LogP contribution is 2.49. The lowest BCUT2D eigenvalue weighted by Gasteiger charge is -2.26. The van der Waals surface area contributed by atoms with Gasteiger partial charge in [-0.05, 0) is 53.6 Å². The summed E-state index contributed by atoms with van der Waals surface area (Å²) in [4.78, 5) is 25.5. The molecular weight excluding hydrogens is 440 g/mol. The zero-order chi connectivity index (χ0) is 23.4. The molecule has 0 radical (unpaired) electrons. The van der Waals surface area contributed by atoms with Crippen LogP contribution in [-0.4, -0.2) is 30.8 Å². The van der Waals surface area contributed by atoms with Crippen molar-refractivity contribution < 1.29 is 38.4 Å². The average Bonchev–Trinajstić information content (AvgIpc) is 3.42. The Morgan fingerprint density at radius 2 is 1.79 bits per heavy atom. The minimum atomic E-state index is -0.472. The molecule has 3 aliphatic heterocycles. The first-order chi connectivity index (χ1) is 16.5. The van der Waals surface area contributed by atoms with E-state index in [1.165, 1.54) is 7.11 Å². The Labute approximate surface area is 193 Å². The molecule has 3 heterocycles. The second kappa shape index (κ2) is 7.55. The first-order valence-electron chi connectivity index (χ1n) is 10.6. The van der Waals surface area contributed by atoms with E-state index in [9.17, 15) is 14.7 Å². The molecule has 1 N–H and O–H groups in total. The molecule has 0 aromatic heterocycles. The number of aromatic hydroxyl groups is 1. The summed E-state index contributed by atoms with van der Waals surface area (Å²) in [5, 5.41) is 10.3. The maximum Gasteiger partial charge on any atom is 0.312 e. The van der Waals surface area contributed by atoms with Gasteiger partial charge in [-0.25, -0.2) is 0 Å². The molecule has 1 atom stereocenters. The standard InChI is InChI=1S/C26H18O8/c1-30-18-6-3-14(10-17(18)27)16-11-23(28)33-20-7-4-15-25(29)22(34-26(15)24(16)20)9-13-2-5-19-21(8-13)32-12-31-19/h2-10,16,27H,11-12H2,1H3. The van der Waals surface area contributed by atoms with E-state index in [-0.39, 0.29) is 30.5 Å². The number of benzene rings is 3. The molecule has 170 valence electrons. The van der Waals surface area contributed by atoms with Crippen molar-refractivity contribution in [1.29, 1.82) is 0 Å². The van der Waals surface area contributed by atoms with Crippen molar-refractivity contribution in [1.82, 2.24) is 0 Å². The van der Waals surface area contributed by atoms with E-state index in [4.69, 9.17) is 23.7 Å². The Hall–Kier alpha value is -4.46. The van der Waals surface area contributed by atoms with E-state index in [0.717, 1.165) is 5.56 Å². The highest BCUT2D eigenvalue weighted by molar-refractivity contribution is 6.15. The van der Waals surface area contributed by atoms with Crippen molar-refractivity contribution in [2.75, 3.05) is 13.9 Å². The van der Waals surface area contributed by atoms with Crippen LogP contribution in [0.1, 0.15) is 39.4 Å². The molecule has 0 bridgehead atoms. The molecule has 0 saturated carbocycles. The Bertz CT molecular complexity index is 1400. The fourth-order valence-electron chi connectivity index (χ4n) is 4.47. The number of Topliss-reactive ketones (excluding diaryl/α,β-unsaturated/α-hetero) is 1. The summed E-state index contributed by atoms with van der Waals surface area (Å²) in [5.74, 6) is 1.18. The summed E-state index contributed by atoms with van der Waals surface area (Å²) in [5.41, 5.74) is 2.36. The number of ether oxygens (including phenoxy) is 5. The maximum atomic E-state index is 13.2. The van der Waals surface area contributed by atoms with Crippen LogP contribution < -0.4 is 23.7 Å². The number of carbonyl (C=O) groups excluding carboxylic acids is 2. The van der Waals surface area contributed by atoms with E-state index < -0.39 is 11.9 Å². The van der Waals surface area contributed by atoms with Gasteiger partial charge in [0, 0.05) is 11.5 Å². The minimum absolute atomic E-state index is 0.0357. The Kier molecular flexibility index (Phi) is 4.48. The second-order valence-corrected chi connectivity index (χ2v) is 8.07. The smallest absolute Gasteiger partial charge is 0.312 e. The van der Waals surface area contributed by atoms with Crippen LogP contribution in [0.5, 0.6) is 34.5 Å². The summed E-state index contributed by atoms with van der Waals surface area (Å²) in [6.07, 6.45) is 1.67. The highest BCUT2D eigenvalue weighted by Gasteiger charge is 2.38. The van der Waals surface area contributed by atoms with Gasteiger partial charge in [0.05, 0.1) is 19.1 Å². The summed E-state index contributed by atoms with van der Waals surface area (Å²) in [7, 11) is 1.46. The van der Waals surface area contributed by atoms with Gasteiger partial charge in [-0.15, -0.1) is 0 Å². The third-order valence-electron chi connectivity index (χ3n) is 6.08. The quantitative estimate of drug-likeness (QED) is 0.354. The summed E-state index contributed by atoms with van der Waals surface area (Å²) >= 11 is 0. The summed E-state index contributed by atoms with van der Waals surface area (Å²) in [6, 6.07) is 13.5. The molecule has 0 fully saturated rings. The SMILES string of the molecule is COc1ccc(C2CC(=O)Oc3ccc4c(c32)OC(=Cc2ccc3c(c2)OCO3)C4=O)cc1O. The van der Waals surface area contributed by atoms with Crippen LogP contribution in [0.2, 0.25) is 0 Å². The van der Waals surface area contributed by atoms with Crippen LogP contribution in [0.3, 0.4) is 0 Å². The van der Waals surface area contributed by atoms with Gasteiger partial charge < -0.3 is 28.8 Å². The van der Waals surface area contributed by atoms with Crippen molar-refractivity contribution in [2.24, 2.45) is 0 Å². The third kappa shape index (κ3) is 3.14. The van der Waals surface area contributed by atoms with Crippen LogP contribution in [-0.2, 0) is 4.79 Å². The van der Waals surface area contributed by atoms with Gasteiger partial charge in [-0.3, -0.25) is 9.59 Å². The van der Waals surface area contributed by atoms with Gasteiger partial charge in [-0.1, -0.05) is 12.1 Å². The summed E-state index contributed by atoms with van der Waals surface area (Å²) in [6.45, 7) is 0.156. The molecule has 3 aromatic rings. The number of hydrogen-bond donors (Lipinski definition) is 1. The number of esters is 1. The number of ketones is 1. The predicted octanol–water partition coefficient (Wildman–Crippen LogP) is 4.19. The fourth-order valence-corrected chi connectivity index (χ4v) is 4.47. The Morgan fingerprint density at radius 3 is 2.62 bits per heavy atom. The van der Waals surface area contributed by atoms with Gasteiger partial charge in [-0.2, -0.15) is 0 Å². The van der Waals surface area contributed by atoms with Crippen molar-refractivity contribution >= 4 is 17.8 Å². The van der Waals surface area contributed by atoms with Crippen LogP contribution in [0, 0.1) is 0 Å². The molecule has 3 aliphatic rings. The average molecular weight is 458 g/mol. The van der Waals surface area contributed by atoms with Gasteiger partial charge in [0.1, 0.15) is 11.5 Å². The molecule has 1 unspecified atom stereocenters. The minimum Gasteiger partial charge on any atom is -0.504 e. The first kappa shape index (κ1) is 20.2. The van der Waals surface area contributed by atoms with Crippen molar-refractivity contribution in [3.8, 4) is 34.5 Å². The van der Waals surface area contributed by atoms with Gasteiger partial charge in [0.15, 0.2) is 28.8 Å². The molecule has 0 saturated heterocycles. The number of phenols is 1. The van der Waals surface area contributed by atoms with Crippen molar-refractivity contribution in [3.05, 3.63) is 76.5 Å². The monoisotopic (exact) mass is 458 g/mol. The van der Waals surface area contributed by atoms with Crippen LogP contribution in [0.25, 0.3) is 6.08 Å². The number of rotatable bonds is 3. The lowest BCUT2D eigenvalue weighted by atomic mass is 9.84. The van der Waals surface area contributed by atoms with Crippen LogP contribution in [0.4, 0.5) is 0 Å². The molecule has 8 nitrogen and oxygen atoms in total. The molecule has 34 heavy (non-hydrogen) atoms. The van der Waals surface area contributed by atoms with Crippen molar-refractivity contribution in [2.45, 2.75) is 12.3 Å². The largest absolute Gasteiger partial charge is 0.504 e. The number of phenolic OH excluding ortho intramolecular Hbond substituents is 1. The molecule has 8 heteroatoms. The normalized spacial score (nSPS) is 18.9. The number of allylic oxidation sites excluding steroid dienone is 1.